The molecule has 0 bridgehead atoms. The summed E-state index contributed by atoms with van der Waals surface area (Å²) in [5, 5.41) is 17.9. The fraction of sp³-hybridized carbons (Fsp3) is 0.133. The van der Waals surface area contributed by atoms with E-state index in [0.717, 1.165) is 21.8 Å². The predicted octanol–water partition coefficient (Wildman–Crippen LogP) is 3.31. The van der Waals surface area contributed by atoms with Gasteiger partial charge >= 0.3 is 5.97 Å². The van der Waals surface area contributed by atoms with Crippen molar-refractivity contribution in [2.45, 2.75) is 17.1 Å². The van der Waals surface area contributed by atoms with E-state index in [-0.39, 0.29) is 12.2 Å². The van der Waals surface area contributed by atoms with Crippen LogP contribution in [0.3, 0.4) is 0 Å². The van der Waals surface area contributed by atoms with Gasteiger partial charge in [-0.2, -0.15) is 0 Å². The van der Waals surface area contributed by atoms with Crippen molar-refractivity contribution in [1.29, 1.82) is 0 Å². The Morgan fingerprint density at radius 2 is 1.53 bits per heavy atom. The first-order valence-electron chi connectivity index (χ1n) is 5.85. The van der Waals surface area contributed by atoms with Crippen molar-refractivity contribution < 1.29 is 15.0 Å². The van der Waals surface area contributed by atoms with Gasteiger partial charge in [0.25, 0.3) is 0 Å². The van der Waals surface area contributed by atoms with Gasteiger partial charge in [0.05, 0.1) is 6.42 Å². The maximum atomic E-state index is 10.6. The van der Waals surface area contributed by atoms with Crippen molar-refractivity contribution in [2.75, 3.05) is 0 Å². The number of rotatable bonds is 5. The molecule has 19 heavy (non-hydrogen) atoms. The molecule has 4 heteroatoms. The van der Waals surface area contributed by atoms with Gasteiger partial charge in [-0.3, -0.25) is 4.79 Å². The summed E-state index contributed by atoms with van der Waals surface area (Å²) in [6, 6.07) is 14.7. The van der Waals surface area contributed by atoms with E-state index < -0.39 is 5.97 Å². The summed E-state index contributed by atoms with van der Waals surface area (Å²) in [5.74, 6) is 0.273. The number of carboxylic acids is 1. The second-order valence-corrected chi connectivity index (χ2v) is 5.22. The normalized spacial score (nSPS) is 10.3. The Hall–Kier alpha value is -1.94. The zero-order chi connectivity index (χ0) is 13.7. The molecule has 2 aromatic carbocycles. The van der Waals surface area contributed by atoms with Crippen molar-refractivity contribution in [3.05, 3.63) is 59.7 Å². The lowest BCUT2D eigenvalue weighted by molar-refractivity contribution is -0.136. The minimum Gasteiger partial charge on any atom is -0.508 e. The average Bonchev–Trinajstić information content (AvgIpc) is 2.39. The average molecular weight is 274 g/mol. The largest absolute Gasteiger partial charge is 0.508 e. The quantitative estimate of drug-likeness (QED) is 0.821. The Morgan fingerprint density at radius 3 is 2.11 bits per heavy atom. The molecule has 0 heterocycles. The molecule has 0 aliphatic rings. The molecule has 0 saturated carbocycles. The first-order chi connectivity index (χ1) is 9.13. The number of hydrogen-bond donors (Lipinski definition) is 2. The molecule has 0 unspecified atom stereocenters. The molecule has 0 spiro atoms. The molecule has 0 aliphatic carbocycles. The van der Waals surface area contributed by atoms with Crippen LogP contribution in [0.4, 0.5) is 0 Å². The molecule has 0 atom stereocenters. The van der Waals surface area contributed by atoms with Gasteiger partial charge in [0.2, 0.25) is 0 Å². The zero-order valence-corrected chi connectivity index (χ0v) is 11.1. The first-order valence-corrected chi connectivity index (χ1v) is 6.83. The van der Waals surface area contributed by atoms with Crippen LogP contribution in [-0.2, 0) is 17.0 Å². The van der Waals surface area contributed by atoms with Crippen LogP contribution in [0.1, 0.15) is 11.1 Å². The Labute approximate surface area is 115 Å². The number of thioether (sulfide) groups is 1. The lowest BCUT2D eigenvalue weighted by Gasteiger charge is -2.03. The Bertz CT molecular complexity index is 547. The topological polar surface area (TPSA) is 57.5 Å². The van der Waals surface area contributed by atoms with Crippen LogP contribution in [0.25, 0.3) is 0 Å². The number of phenolic OH excluding ortho intramolecular Hbond substituents is 1. The third-order valence-electron chi connectivity index (χ3n) is 2.62. The number of aliphatic carboxylic acids is 1. The van der Waals surface area contributed by atoms with Crippen molar-refractivity contribution in [1.82, 2.24) is 0 Å². The number of hydrogen-bond acceptors (Lipinski definition) is 3. The van der Waals surface area contributed by atoms with Crippen molar-refractivity contribution >= 4 is 17.7 Å². The standard InChI is InChI=1S/C15H14O3S/c16-13-5-1-12(2-6-13)10-19-14-7-3-11(4-8-14)9-15(17)18/h1-8,16H,9-10H2,(H,17,18). The zero-order valence-electron chi connectivity index (χ0n) is 10.2. The first kappa shape index (κ1) is 13.5. The highest BCUT2D eigenvalue weighted by atomic mass is 32.2. The SMILES string of the molecule is O=C(O)Cc1ccc(SCc2ccc(O)cc2)cc1. The summed E-state index contributed by atoms with van der Waals surface area (Å²) in [6.45, 7) is 0. The predicted molar refractivity (Wildman–Crippen MR) is 75.4 cm³/mol. The maximum absolute atomic E-state index is 10.6. The smallest absolute Gasteiger partial charge is 0.307 e. The van der Waals surface area contributed by atoms with Gasteiger partial charge in [-0.15, -0.1) is 11.8 Å². The van der Waals surface area contributed by atoms with E-state index in [1.807, 2.05) is 36.4 Å². The number of carboxylic acid groups (broad SMARTS) is 1. The van der Waals surface area contributed by atoms with Crippen LogP contribution in [0.5, 0.6) is 5.75 Å². The third kappa shape index (κ3) is 4.34. The summed E-state index contributed by atoms with van der Waals surface area (Å²) in [4.78, 5) is 11.7. The second kappa shape index (κ2) is 6.29. The molecule has 0 aromatic heterocycles. The molecule has 98 valence electrons. The summed E-state index contributed by atoms with van der Waals surface area (Å²) >= 11 is 1.68. The molecule has 2 aromatic rings. The summed E-state index contributed by atoms with van der Waals surface area (Å²) < 4.78 is 0. The molecule has 0 radical (unpaired) electrons. The molecule has 0 saturated heterocycles. The summed E-state index contributed by atoms with van der Waals surface area (Å²) in [6.07, 6.45) is 0.0584. The van der Waals surface area contributed by atoms with Crippen LogP contribution in [-0.4, -0.2) is 16.2 Å². The third-order valence-corrected chi connectivity index (χ3v) is 3.70. The molecular formula is C15H14O3S. The van der Waals surface area contributed by atoms with Crippen molar-refractivity contribution in [3.63, 3.8) is 0 Å². The highest BCUT2D eigenvalue weighted by Crippen LogP contribution is 2.24. The summed E-state index contributed by atoms with van der Waals surface area (Å²) in [5.41, 5.74) is 1.94. The van der Waals surface area contributed by atoms with Gasteiger partial charge in [0.1, 0.15) is 5.75 Å². The van der Waals surface area contributed by atoms with Gasteiger partial charge in [-0.05, 0) is 35.4 Å². The summed E-state index contributed by atoms with van der Waals surface area (Å²) in [7, 11) is 0. The number of carbonyl (C=O) groups is 1. The fourth-order valence-corrected chi connectivity index (χ4v) is 2.49. The minimum atomic E-state index is -0.815. The van der Waals surface area contributed by atoms with Gasteiger partial charge in [-0.1, -0.05) is 24.3 Å². The van der Waals surface area contributed by atoms with Gasteiger partial charge < -0.3 is 10.2 Å². The lowest BCUT2D eigenvalue weighted by Crippen LogP contribution is -1.99. The van der Waals surface area contributed by atoms with E-state index in [2.05, 4.69) is 0 Å². The molecule has 0 fully saturated rings. The number of phenols is 1. The van der Waals surface area contributed by atoms with Crippen molar-refractivity contribution in [3.8, 4) is 5.75 Å². The molecule has 2 rings (SSSR count). The molecule has 2 N–H and O–H groups in total. The van der Waals surface area contributed by atoms with Crippen LogP contribution in [0, 0.1) is 0 Å². The maximum Gasteiger partial charge on any atom is 0.307 e. The van der Waals surface area contributed by atoms with Crippen molar-refractivity contribution in [2.24, 2.45) is 0 Å². The molecule has 3 nitrogen and oxygen atoms in total. The van der Waals surface area contributed by atoms with Gasteiger partial charge in [0.15, 0.2) is 0 Å². The van der Waals surface area contributed by atoms with Gasteiger partial charge in [0, 0.05) is 10.6 Å². The van der Waals surface area contributed by atoms with E-state index in [0.29, 0.717) is 0 Å². The number of aromatic hydroxyl groups is 1. The van der Waals surface area contributed by atoms with Crippen LogP contribution in [0.15, 0.2) is 53.4 Å². The highest BCUT2D eigenvalue weighted by Gasteiger charge is 2.01. The van der Waals surface area contributed by atoms with E-state index in [1.165, 1.54) is 0 Å². The van der Waals surface area contributed by atoms with Crippen LogP contribution >= 0.6 is 11.8 Å². The Morgan fingerprint density at radius 1 is 0.947 bits per heavy atom. The minimum absolute atomic E-state index is 0.0584. The Balaban J connectivity index is 1.92. The Kier molecular flexibility index (Phi) is 4.47. The van der Waals surface area contributed by atoms with Gasteiger partial charge in [-0.25, -0.2) is 0 Å². The lowest BCUT2D eigenvalue weighted by atomic mass is 10.2. The van der Waals surface area contributed by atoms with Crippen LogP contribution < -0.4 is 0 Å². The second-order valence-electron chi connectivity index (χ2n) is 4.17. The molecule has 0 amide bonds. The van der Waals surface area contributed by atoms with E-state index in [4.69, 9.17) is 5.11 Å². The highest BCUT2D eigenvalue weighted by molar-refractivity contribution is 7.98. The molecular weight excluding hydrogens is 260 g/mol. The molecule has 0 aliphatic heterocycles. The fourth-order valence-electron chi connectivity index (χ4n) is 1.64. The number of benzene rings is 2. The van der Waals surface area contributed by atoms with E-state index in [9.17, 15) is 9.90 Å². The van der Waals surface area contributed by atoms with Crippen LogP contribution in [0.2, 0.25) is 0 Å². The van der Waals surface area contributed by atoms with E-state index in [1.54, 1.807) is 23.9 Å². The van der Waals surface area contributed by atoms with E-state index >= 15 is 0 Å². The monoisotopic (exact) mass is 274 g/mol.